The summed E-state index contributed by atoms with van der Waals surface area (Å²) in [6.07, 6.45) is 2.25. The fourth-order valence-corrected chi connectivity index (χ4v) is 3.51. The summed E-state index contributed by atoms with van der Waals surface area (Å²) >= 11 is 1.80. The van der Waals surface area contributed by atoms with E-state index >= 15 is 0 Å². The lowest BCUT2D eigenvalue weighted by molar-refractivity contribution is -0.132. The molecular weight excluding hydrogens is 304 g/mol. The van der Waals surface area contributed by atoms with Crippen molar-refractivity contribution in [2.75, 3.05) is 12.3 Å². The molecule has 0 radical (unpaired) electrons. The maximum atomic E-state index is 12.3. The number of hydrogen-bond donors (Lipinski definition) is 1. The Hall–Kier alpha value is -1.52. The van der Waals surface area contributed by atoms with E-state index in [-0.39, 0.29) is 18.3 Å². The van der Waals surface area contributed by atoms with Gasteiger partial charge < -0.3 is 10.6 Å². The molecule has 0 saturated carbocycles. The highest BCUT2D eigenvalue weighted by molar-refractivity contribution is 7.10. The molecule has 1 aromatic heterocycles. The van der Waals surface area contributed by atoms with Crippen molar-refractivity contribution in [3.63, 3.8) is 0 Å². The first-order valence-corrected chi connectivity index (χ1v) is 7.78. The van der Waals surface area contributed by atoms with E-state index in [9.17, 15) is 4.79 Å². The van der Waals surface area contributed by atoms with Gasteiger partial charge in [-0.25, -0.2) is 0 Å². The minimum Gasteiger partial charge on any atom is -0.399 e. The Balaban J connectivity index is 0.00000161. The van der Waals surface area contributed by atoms with Crippen molar-refractivity contribution in [2.24, 2.45) is 0 Å². The van der Waals surface area contributed by atoms with Crippen molar-refractivity contribution in [1.82, 2.24) is 4.90 Å². The topological polar surface area (TPSA) is 46.3 Å². The molecule has 0 unspecified atom stereocenters. The molecule has 5 heteroatoms. The van der Waals surface area contributed by atoms with Crippen LogP contribution >= 0.6 is 23.7 Å². The summed E-state index contributed by atoms with van der Waals surface area (Å²) < 4.78 is 0. The summed E-state index contributed by atoms with van der Waals surface area (Å²) in [5.41, 5.74) is 9.07. The van der Waals surface area contributed by atoms with Crippen LogP contribution in [0.2, 0.25) is 0 Å². The lowest BCUT2D eigenvalue weighted by Crippen LogP contribution is -2.35. The van der Waals surface area contributed by atoms with Crippen LogP contribution in [-0.2, 0) is 24.2 Å². The van der Waals surface area contributed by atoms with Crippen LogP contribution in [0.1, 0.15) is 22.4 Å². The molecule has 1 aliphatic heterocycles. The van der Waals surface area contributed by atoms with Crippen LogP contribution in [0.15, 0.2) is 35.7 Å². The second-order valence-corrected chi connectivity index (χ2v) is 6.13. The molecule has 1 aromatic carbocycles. The first-order chi connectivity index (χ1) is 9.74. The fraction of sp³-hybridized carbons (Fsp3) is 0.312. The summed E-state index contributed by atoms with van der Waals surface area (Å²) in [6.45, 7) is 1.61. The number of fused-ring (bicyclic) bond motifs is 1. The highest BCUT2D eigenvalue weighted by Crippen LogP contribution is 2.24. The highest BCUT2D eigenvalue weighted by Gasteiger charge is 2.21. The van der Waals surface area contributed by atoms with Crippen molar-refractivity contribution in [1.29, 1.82) is 0 Å². The van der Waals surface area contributed by atoms with Gasteiger partial charge in [0.25, 0.3) is 0 Å². The Kier molecular flexibility index (Phi) is 5.26. The Bertz CT molecular complexity index is 626. The number of rotatable bonds is 3. The number of nitrogens with zero attached hydrogens (tertiary/aromatic N) is 1. The number of amides is 1. The van der Waals surface area contributed by atoms with Crippen LogP contribution in [0.4, 0.5) is 5.69 Å². The maximum absolute atomic E-state index is 12.3. The van der Waals surface area contributed by atoms with Crippen LogP contribution in [-0.4, -0.2) is 17.4 Å². The molecule has 112 valence electrons. The fourth-order valence-electron chi connectivity index (χ4n) is 2.62. The first-order valence-electron chi connectivity index (χ1n) is 6.90. The second-order valence-electron chi connectivity index (χ2n) is 5.13. The molecule has 3 rings (SSSR count). The molecule has 2 heterocycles. The first kappa shape index (κ1) is 15.9. The SMILES string of the molecule is Cl.Nc1ccccc1CCC(=O)N1CCc2sccc2C1. The monoisotopic (exact) mass is 322 g/mol. The third-order valence-electron chi connectivity index (χ3n) is 3.82. The van der Waals surface area contributed by atoms with Gasteiger partial charge in [0, 0.05) is 30.1 Å². The van der Waals surface area contributed by atoms with Crippen molar-refractivity contribution in [2.45, 2.75) is 25.8 Å². The molecule has 1 amide bonds. The van der Waals surface area contributed by atoms with E-state index in [1.807, 2.05) is 29.2 Å². The molecule has 0 fully saturated rings. The van der Waals surface area contributed by atoms with Gasteiger partial charge in [0.2, 0.25) is 5.91 Å². The highest BCUT2D eigenvalue weighted by atomic mass is 35.5. The predicted octanol–water partition coefficient (Wildman–Crippen LogP) is 3.27. The number of para-hydroxylation sites is 1. The van der Waals surface area contributed by atoms with E-state index in [0.29, 0.717) is 6.42 Å². The number of nitrogen functional groups attached to an aromatic ring is 1. The van der Waals surface area contributed by atoms with Crippen molar-refractivity contribution in [3.8, 4) is 0 Å². The Morgan fingerprint density at radius 1 is 1.29 bits per heavy atom. The Morgan fingerprint density at radius 3 is 2.90 bits per heavy atom. The Morgan fingerprint density at radius 2 is 2.10 bits per heavy atom. The zero-order valence-electron chi connectivity index (χ0n) is 11.7. The third kappa shape index (κ3) is 3.57. The van der Waals surface area contributed by atoms with Gasteiger partial charge in [-0.05, 0) is 41.5 Å². The number of thiophene rings is 1. The number of carbonyl (C=O) groups is 1. The van der Waals surface area contributed by atoms with E-state index in [2.05, 4.69) is 11.4 Å². The minimum absolute atomic E-state index is 0. The van der Waals surface area contributed by atoms with Crippen LogP contribution in [0.25, 0.3) is 0 Å². The largest absolute Gasteiger partial charge is 0.399 e. The number of halogens is 1. The zero-order chi connectivity index (χ0) is 13.9. The molecular formula is C16H19ClN2OS. The molecule has 0 spiro atoms. The van der Waals surface area contributed by atoms with Gasteiger partial charge in [0.1, 0.15) is 0 Å². The van der Waals surface area contributed by atoms with Crippen molar-refractivity contribution < 1.29 is 4.79 Å². The molecule has 0 aliphatic carbocycles. The van der Waals surface area contributed by atoms with E-state index < -0.39 is 0 Å². The van der Waals surface area contributed by atoms with Crippen LogP contribution < -0.4 is 5.73 Å². The van der Waals surface area contributed by atoms with E-state index in [1.54, 1.807) is 11.3 Å². The number of hydrogen-bond acceptors (Lipinski definition) is 3. The predicted molar refractivity (Wildman–Crippen MR) is 89.9 cm³/mol. The molecule has 1 aliphatic rings. The summed E-state index contributed by atoms with van der Waals surface area (Å²) in [4.78, 5) is 15.7. The van der Waals surface area contributed by atoms with Crippen LogP contribution in [0, 0.1) is 0 Å². The minimum atomic E-state index is 0. The van der Waals surface area contributed by atoms with Gasteiger partial charge in [0.05, 0.1) is 0 Å². The van der Waals surface area contributed by atoms with Gasteiger partial charge in [-0.15, -0.1) is 23.7 Å². The molecule has 0 bridgehead atoms. The summed E-state index contributed by atoms with van der Waals surface area (Å²) in [7, 11) is 0. The summed E-state index contributed by atoms with van der Waals surface area (Å²) in [5, 5.41) is 2.11. The normalized spacial score (nSPS) is 13.4. The number of carbonyl (C=O) groups excluding carboxylic acids is 1. The standard InChI is InChI=1S/C16H18N2OS.ClH/c17-14-4-2-1-3-12(14)5-6-16(19)18-9-7-15-13(11-18)8-10-20-15;/h1-4,8,10H,5-7,9,11,17H2;1H. The molecule has 0 saturated heterocycles. The quantitative estimate of drug-likeness (QED) is 0.882. The van der Waals surface area contributed by atoms with Crippen LogP contribution in [0.5, 0.6) is 0 Å². The average molecular weight is 323 g/mol. The van der Waals surface area contributed by atoms with Gasteiger partial charge in [-0.1, -0.05) is 18.2 Å². The molecule has 3 nitrogen and oxygen atoms in total. The molecule has 21 heavy (non-hydrogen) atoms. The number of benzene rings is 1. The third-order valence-corrected chi connectivity index (χ3v) is 4.85. The number of aryl methyl sites for hydroxylation is 1. The van der Waals surface area contributed by atoms with Gasteiger partial charge in [-0.3, -0.25) is 4.79 Å². The zero-order valence-corrected chi connectivity index (χ0v) is 13.4. The number of anilines is 1. The van der Waals surface area contributed by atoms with Crippen LogP contribution in [0.3, 0.4) is 0 Å². The maximum Gasteiger partial charge on any atom is 0.223 e. The number of nitrogens with two attached hydrogens (primary N) is 1. The van der Waals surface area contributed by atoms with Gasteiger partial charge in [-0.2, -0.15) is 0 Å². The second kappa shape index (κ2) is 6.96. The summed E-state index contributed by atoms with van der Waals surface area (Å²) in [5.74, 6) is 0.227. The van der Waals surface area contributed by atoms with Crippen molar-refractivity contribution >= 4 is 35.3 Å². The lowest BCUT2D eigenvalue weighted by Gasteiger charge is -2.27. The molecule has 2 N–H and O–H groups in total. The van der Waals surface area contributed by atoms with E-state index in [4.69, 9.17) is 5.73 Å². The van der Waals surface area contributed by atoms with E-state index in [0.717, 1.165) is 37.2 Å². The molecule has 0 atom stereocenters. The average Bonchev–Trinajstić information content (AvgIpc) is 2.93. The van der Waals surface area contributed by atoms with Crippen molar-refractivity contribution in [3.05, 3.63) is 51.7 Å². The smallest absolute Gasteiger partial charge is 0.223 e. The molecule has 2 aromatic rings. The van der Waals surface area contributed by atoms with E-state index in [1.165, 1.54) is 10.4 Å². The summed E-state index contributed by atoms with van der Waals surface area (Å²) in [6, 6.07) is 9.90. The Labute approximate surface area is 135 Å². The van der Waals surface area contributed by atoms with Gasteiger partial charge in [0.15, 0.2) is 0 Å². The lowest BCUT2D eigenvalue weighted by atomic mass is 10.1. The van der Waals surface area contributed by atoms with Gasteiger partial charge >= 0.3 is 0 Å².